The maximum absolute atomic E-state index is 5.46. The van der Waals surface area contributed by atoms with E-state index < -0.39 is 0 Å². The number of aromatic nitrogens is 2. The Morgan fingerprint density at radius 1 is 1.30 bits per heavy atom. The summed E-state index contributed by atoms with van der Waals surface area (Å²) < 4.78 is 7.80. The van der Waals surface area contributed by atoms with Gasteiger partial charge in [-0.1, -0.05) is 12.1 Å². The van der Waals surface area contributed by atoms with Crippen molar-refractivity contribution in [3.63, 3.8) is 0 Å². The number of fused-ring (bicyclic) bond motifs is 2. The van der Waals surface area contributed by atoms with Crippen LogP contribution in [0.2, 0.25) is 0 Å². The molecule has 4 rings (SSSR count). The molecule has 140 valence electrons. The molecule has 0 bridgehead atoms. The summed E-state index contributed by atoms with van der Waals surface area (Å²) >= 11 is 0. The van der Waals surface area contributed by atoms with Crippen LogP contribution in [-0.4, -0.2) is 23.2 Å². The number of pyridine rings is 1. The molecule has 0 aliphatic carbocycles. The van der Waals surface area contributed by atoms with E-state index in [1.54, 1.807) is 7.11 Å². The van der Waals surface area contributed by atoms with Crippen LogP contribution in [0.5, 0.6) is 5.75 Å². The van der Waals surface area contributed by atoms with E-state index in [9.17, 15) is 0 Å². The molecule has 0 fully saturated rings. The van der Waals surface area contributed by atoms with E-state index in [1.807, 2.05) is 12.3 Å². The highest BCUT2D eigenvalue weighted by Gasteiger charge is 2.28. The molecule has 0 amide bonds. The van der Waals surface area contributed by atoms with Gasteiger partial charge in [0.05, 0.1) is 18.7 Å². The molecule has 1 aliphatic rings. The van der Waals surface area contributed by atoms with E-state index in [2.05, 4.69) is 61.1 Å². The molecule has 0 spiro atoms. The molecule has 4 heteroatoms. The van der Waals surface area contributed by atoms with Crippen LogP contribution < -0.4 is 9.64 Å². The van der Waals surface area contributed by atoms with Crippen molar-refractivity contribution in [2.75, 3.05) is 18.6 Å². The van der Waals surface area contributed by atoms with E-state index in [-0.39, 0.29) is 6.04 Å². The van der Waals surface area contributed by atoms with E-state index in [0.29, 0.717) is 0 Å². The lowest BCUT2D eigenvalue weighted by Gasteiger charge is -2.37. The van der Waals surface area contributed by atoms with Gasteiger partial charge in [0.15, 0.2) is 5.82 Å². The average molecular weight is 361 g/mol. The highest BCUT2D eigenvalue weighted by Crippen LogP contribution is 2.39. The summed E-state index contributed by atoms with van der Waals surface area (Å²) in [6.07, 6.45) is 4.92. The minimum absolute atomic E-state index is 0.245. The first-order valence-corrected chi connectivity index (χ1v) is 9.55. The Balaban J connectivity index is 1.87. The highest BCUT2D eigenvalue weighted by molar-refractivity contribution is 5.93. The van der Waals surface area contributed by atoms with Crippen LogP contribution in [0, 0.1) is 13.8 Å². The maximum Gasteiger partial charge on any atom is 0.153 e. The van der Waals surface area contributed by atoms with Gasteiger partial charge in [0.2, 0.25) is 0 Å². The summed E-state index contributed by atoms with van der Waals surface area (Å²) in [5.41, 5.74) is 6.55. The summed E-state index contributed by atoms with van der Waals surface area (Å²) in [7, 11) is 1.73. The molecule has 4 nitrogen and oxygen atoms in total. The molecule has 27 heavy (non-hydrogen) atoms. The van der Waals surface area contributed by atoms with Crippen LogP contribution in [0.1, 0.15) is 35.3 Å². The van der Waals surface area contributed by atoms with Crippen LogP contribution in [0.3, 0.4) is 0 Å². The average Bonchev–Trinajstić information content (AvgIpc) is 2.94. The van der Waals surface area contributed by atoms with Crippen LogP contribution >= 0.6 is 0 Å². The van der Waals surface area contributed by atoms with Crippen LogP contribution in [0.4, 0.5) is 5.82 Å². The quantitative estimate of drug-likeness (QED) is 0.615. The number of hydrogen-bond donors (Lipinski definition) is 0. The number of aryl methyl sites for hydroxylation is 1. The summed E-state index contributed by atoms with van der Waals surface area (Å²) in [4.78, 5) is 7.27. The third-order valence-electron chi connectivity index (χ3n) is 6.00. The number of anilines is 1. The predicted octanol–water partition coefficient (Wildman–Crippen LogP) is 4.97. The van der Waals surface area contributed by atoms with Gasteiger partial charge in [-0.25, -0.2) is 4.98 Å². The number of hydrogen-bond acceptors (Lipinski definition) is 3. The Morgan fingerprint density at radius 3 is 2.85 bits per heavy atom. The van der Waals surface area contributed by atoms with Gasteiger partial charge in [-0.2, -0.15) is 0 Å². The molecule has 3 heterocycles. The molecule has 1 unspecified atom stereocenters. The van der Waals surface area contributed by atoms with E-state index in [4.69, 9.17) is 9.72 Å². The number of nitrogens with zero attached hydrogens (tertiary/aromatic N) is 3. The first-order valence-electron chi connectivity index (χ1n) is 9.55. The lowest BCUT2D eigenvalue weighted by Crippen LogP contribution is -2.35. The van der Waals surface area contributed by atoms with Crippen molar-refractivity contribution in [2.24, 2.45) is 0 Å². The monoisotopic (exact) mass is 361 g/mol. The number of allylic oxidation sites excluding steroid dienone is 1. The van der Waals surface area contributed by atoms with Crippen molar-refractivity contribution in [1.82, 2.24) is 9.55 Å². The lowest BCUT2D eigenvalue weighted by atomic mass is 9.93. The summed E-state index contributed by atoms with van der Waals surface area (Å²) in [6.45, 7) is 12.3. The van der Waals surface area contributed by atoms with Gasteiger partial charge in [0.1, 0.15) is 5.75 Å². The third-order valence-corrected chi connectivity index (χ3v) is 6.00. The molecule has 3 aromatic rings. The van der Waals surface area contributed by atoms with Crippen molar-refractivity contribution in [3.05, 3.63) is 65.5 Å². The third kappa shape index (κ3) is 2.71. The Bertz CT molecular complexity index is 1020. The summed E-state index contributed by atoms with van der Waals surface area (Å²) in [5.74, 6) is 1.97. The van der Waals surface area contributed by atoms with Gasteiger partial charge in [0, 0.05) is 30.4 Å². The highest BCUT2D eigenvalue weighted by atomic mass is 16.5. The standard InChI is InChI=1S/C23H27N3O/c1-6-12-25-16(3)15(2)20-9-11-24-23(22(20)25)26-13-10-18-7-8-19(27-5)14-21(18)17(26)4/h6-9,11,14,17H,1,10,12-13H2,2-5H3. The normalized spacial score (nSPS) is 16.4. The van der Waals surface area contributed by atoms with Crippen LogP contribution in [0.25, 0.3) is 10.9 Å². The van der Waals surface area contributed by atoms with Crippen molar-refractivity contribution >= 4 is 16.7 Å². The molecular weight excluding hydrogens is 334 g/mol. The zero-order valence-corrected chi connectivity index (χ0v) is 16.6. The molecule has 1 atom stereocenters. The Hall–Kier alpha value is -2.75. The SMILES string of the molecule is C=CCn1c(C)c(C)c2ccnc(N3CCc4ccc(OC)cc4C3C)c21. The van der Waals surface area contributed by atoms with E-state index in [1.165, 1.54) is 33.3 Å². The summed E-state index contributed by atoms with van der Waals surface area (Å²) in [5, 5.41) is 1.28. The van der Waals surface area contributed by atoms with Crippen molar-refractivity contribution < 1.29 is 4.74 Å². The molecule has 0 N–H and O–H groups in total. The van der Waals surface area contributed by atoms with Gasteiger partial charge in [0.25, 0.3) is 0 Å². The van der Waals surface area contributed by atoms with Gasteiger partial charge in [-0.3, -0.25) is 0 Å². The predicted molar refractivity (Wildman–Crippen MR) is 112 cm³/mol. The van der Waals surface area contributed by atoms with Gasteiger partial charge >= 0.3 is 0 Å². The molecule has 1 aromatic carbocycles. The maximum atomic E-state index is 5.46. The molecule has 0 saturated heterocycles. The first-order chi connectivity index (χ1) is 13.1. The number of benzene rings is 1. The summed E-state index contributed by atoms with van der Waals surface area (Å²) in [6, 6.07) is 8.81. The molecule has 0 radical (unpaired) electrons. The lowest BCUT2D eigenvalue weighted by molar-refractivity contribution is 0.413. The van der Waals surface area contributed by atoms with Gasteiger partial charge in [-0.15, -0.1) is 6.58 Å². The minimum atomic E-state index is 0.245. The number of methoxy groups -OCH3 is 1. The smallest absolute Gasteiger partial charge is 0.153 e. The fraction of sp³-hybridized carbons (Fsp3) is 0.348. The Morgan fingerprint density at radius 2 is 2.11 bits per heavy atom. The zero-order chi connectivity index (χ0) is 19.1. The van der Waals surface area contributed by atoms with Crippen molar-refractivity contribution in [3.8, 4) is 5.75 Å². The Labute approximate surface area is 161 Å². The molecule has 0 saturated carbocycles. The fourth-order valence-electron chi connectivity index (χ4n) is 4.35. The molecular formula is C23H27N3O. The molecule has 2 aromatic heterocycles. The van der Waals surface area contributed by atoms with Crippen molar-refractivity contribution in [2.45, 2.75) is 39.8 Å². The zero-order valence-electron chi connectivity index (χ0n) is 16.6. The topological polar surface area (TPSA) is 30.3 Å². The second-order valence-corrected chi connectivity index (χ2v) is 7.32. The Kier molecular flexibility index (Phi) is 4.42. The van der Waals surface area contributed by atoms with E-state index >= 15 is 0 Å². The second-order valence-electron chi connectivity index (χ2n) is 7.32. The van der Waals surface area contributed by atoms with Crippen molar-refractivity contribution in [1.29, 1.82) is 0 Å². The fourth-order valence-corrected chi connectivity index (χ4v) is 4.35. The van der Waals surface area contributed by atoms with E-state index in [0.717, 1.165) is 31.1 Å². The minimum Gasteiger partial charge on any atom is -0.497 e. The number of rotatable bonds is 4. The number of ether oxygens (including phenoxy) is 1. The van der Waals surface area contributed by atoms with Gasteiger partial charge < -0.3 is 14.2 Å². The largest absolute Gasteiger partial charge is 0.497 e. The van der Waals surface area contributed by atoms with Crippen LogP contribution in [-0.2, 0) is 13.0 Å². The van der Waals surface area contributed by atoms with Gasteiger partial charge in [-0.05, 0) is 62.1 Å². The first kappa shape index (κ1) is 17.7. The van der Waals surface area contributed by atoms with Crippen LogP contribution in [0.15, 0.2) is 43.1 Å². The molecule has 1 aliphatic heterocycles. The second kappa shape index (κ2) is 6.76.